The van der Waals surface area contributed by atoms with Gasteiger partial charge in [-0.15, -0.1) is 0 Å². The van der Waals surface area contributed by atoms with Crippen LogP contribution >= 0.6 is 0 Å². The van der Waals surface area contributed by atoms with E-state index in [1.54, 1.807) is 24.5 Å². The lowest BCUT2D eigenvalue weighted by Crippen LogP contribution is -2.30. The highest BCUT2D eigenvalue weighted by molar-refractivity contribution is 5.70. The van der Waals surface area contributed by atoms with E-state index in [1.165, 1.54) is 0 Å². The molecule has 1 aromatic heterocycles. The van der Waals surface area contributed by atoms with Crippen molar-refractivity contribution >= 4 is 6.09 Å². The van der Waals surface area contributed by atoms with Gasteiger partial charge >= 0.3 is 6.09 Å². The second kappa shape index (κ2) is 6.54. The molecule has 2 aromatic rings. The lowest BCUT2D eigenvalue weighted by molar-refractivity contribution is 0.195. The molecule has 98 valence electrons. The summed E-state index contributed by atoms with van der Waals surface area (Å²) < 4.78 is 5.20. The topological polar surface area (TPSA) is 51.2 Å². The van der Waals surface area contributed by atoms with Crippen LogP contribution in [-0.2, 0) is 0 Å². The molecular formula is C15H16N2O2. The zero-order valence-corrected chi connectivity index (χ0v) is 10.7. The van der Waals surface area contributed by atoms with Gasteiger partial charge in [-0.25, -0.2) is 4.79 Å². The SMILES string of the molecule is CCC(NC(=O)Oc1ccccc1)c1cccnc1. The molecule has 0 bridgehead atoms. The Morgan fingerprint density at radius 2 is 2.05 bits per heavy atom. The highest BCUT2D eigenvalue weighted by Crippen LogP contribution is 2.16. The summed E-state index contributed by atoms with van der Waals surface area (Å²) in [7, 11) is 0. The van der Waals surface area contributed by atoms with E-state index >= 15 is 0 Å². The fourth-order valence-electron chi connectivity index (χ4n) is 1.77. The molecule has 0 aliphatic rings. The van der Waals surface area contributed by atoms with Gasteiger partial charge in [0, 0.05) is 12.4 Å². The third-order valence-electron chi connectivity index (χ3n) is 2.74. The Labute approximate surface area is 112 Å². The minimum Gasteiger partial charge on any atom is -0.410 e. The molecule has 0 spiro atoms. The average molecular weight is 256 g/mol. The Bertz CT molecular complexity index is 514. The van der Waals surface area contributed by atoms with Crippen LogP contribution in [0.25, 0.3) is 0 Å². The van der Waals surface area contributed by atoms with Crippen LogP contribution in [0.1, 0.15) is 24.9 Å². The van der Waals surface area contributed by atoms with Crippen molar-refractivity contribution in [3.8, 4) is 5.75 Å². The van der Waals surface area contributed by atoms with Crippen LogP contribution < -0.4 is 10.1 Å². The van der Waals surface area contributed by atoms with Gasteiger partial charge in [0.1, 0.15) is 5.75 Å². The third kappa shape index (κ3) is 3.81. The molecule has 19 heavy (non-hydrogen) atoms. The van der Waals surface area contributed by atoms with Gasteiger partial charge in [-0.05, 0) is 30.2 Å². The Balaban J connectivity index is 1.97. The smallest absolute Gasteiger partial charge is 0.410 e. The fourth-order valence-corrected chi connectivity index (χ4v) is 1.77. The molecule has 1 N–H and O–H groups in total. The lowest BCUT2D eigenvalue weighted by atomic mass is 10.1. The number of nitrogens with zero attached hydrogens (tertiary/aromatic N) is 1. The zero-order chi connectivity index (χ0) is 13.5. The van der Waals surface area contributed by atoms with Gasteiger partial charge in [0.25, 0.3) is 0 Å². The summed E-state index contributed by atoms with van der Waals surface area (Å²) in [6, 6.07) is 12.7. The lowest BCUT2D eigenvalue weighted by Gasteiger charge is -2.16. The van der Waals surface area contributed by atoms with Crippen molar-refractivity contribution in [3.63, 3.8) is 0 Å². The maximum Gasteiger partial charge on any atom is 0.413 e. The summed E-state index contributed by atoms with van der Waals surface area (Å²) in [6.07, 6.45) is 3.77. The van der Waals surface area contributed by atoms with Gasteiger partial charge < -0.3 is 10.1 Å². The number of amides is 1. The van der Waals surface area contributed by atoms with Crippen LogP contribution in [-0.4, -0.2) is 11.1 Å². The maximum atomic E-state index is 11.8. The van der Waals surface area contributed by atoms with Crippen LogP contribution in [0.4, 0.5) is 4.79 Å². The van der Waals surface area contributed by atoms with Crippen LogP contribution in [0.3, 0.4) is 0 Å². The van der Waals surface area contributed by atoms with E-state index in [0.29, 0.717) is 5.75 Å². The van der Waals surface area contributed by atoms with Crippen molar-refractivity contribution in [2.24, 2.45) is 0 Å². The molecule has 0 saturated heterocycles. The van der Waals surface area contributed by atoms with E-state index in [9.17, 15) is 4.79 Å². The molecule has 1 unspecified atom stereocenters. The molecule has 0 aliphatic heterocycles. The van der Waals surface area contributed by atoms with Crippen molar-refractivity contribution in [2.75, 3.05) is 0 Å². The summed E-state index contributed by atoms with van der Waals surface area (Å²) in [5.74, 6) is 0.529. The minimum atomic E-state index is -0.457. The molecule has 0 aliphatic carbocycles. The average Bonchev–Trinajstić information content (AvgIpc) is 2.47. The molecule has 1 aromatic carbocycles. The van der Waals surface area contributed by atoms with E-state index < -0.39 is 6.09 Å². The molecule has 0 fully saturated rings. The van der Waals surface area contributed by atoms with Gasteiger partial charge in [0.2, 0.25) is 0 Å². The van der Waals surface area contributed by atoms with E-state index in [-0.39, 0.29) is 6.04 Å². The van der Waals surface area contributed by atoms with E-state index in [1.807, 2.05) is 37.3 Å². The number of para-hydroxylation sites is 1. The van der Waals surface area contributed by atoms with E-state index in [2.05, 4.69) is 10.3 Å². The van der Waals surface area contributed by atoms with Gasteiger partial charge in [-0.3, -0.25) is 4.98 Å². The molecule has 1 heterocycles. The van der Waals surface area contributed by atoms with Crippen molar-refractivity contribution < 1.29 is 9.53 Å². The summed E-state index contributed by atoms with van der Waals surface area (Å²) >= 11 is 0. The molecular weight excluding hydrogens is 240 g/mol. The van der Waals surface area contributed by atoms with E-state index in [0.717, 1.165) is 12.0 Å². The Morgan fingerprint density at radius 3 is 2.68 bits per heavy atom. The number of rotatable bonds is 4. The number of hydrogen-bond acceptors (Lipinski definition) is 3. The molecule has 4 heteroatoms. The quantitative estimate of drug-likeness (QED) is 0.913. The number of benzene rings is 1. The van der Waals surface area contributed by atoms with E-state index in [4.69, 9.17) is 4.74 Å². The van der Waals surface area contributed by atoms with Gasteiger partial charge in [-0.1, -0.05) is 31.2 Å². The first-order valence-corrected chi connectivity index (χ1v) is 6.23. The number of aromatic nitrogens is 1. The summed E-state index contributed by atoms with van der Waals surface area (Å²) in [6.45, 7) is 2.00. The first-order chi connectivity index (χ1) is 9.29. The second-order valence-corrected chi connectivity index (χ2v) is 4.09. The predicted molar refractivity (Wildman–Crippen MR) is 72.9 cm³/mol. The van der Waals surface area contributed by atoms with Gasteiger partial charge in [0.05, 0.1) is 6.04 Å². The van der Waals surface area contributed by atoms with Crippen LogP contribution in [0, 0.1) is 0 Å². The zero-order valence-electron chi connectivity index (χ0n) is 10.7. The monoisotopic (exact) mass is 256 g/mol. The molecule has 1 amide bonds. The van der Waals surface area contributed by atoms with Gasteiger partial charge in [0.15, 0.2) is 0 Å². The fraction of sp³-hybridized carbons (Fsp3) is 0.200. The van der Waals surface area contributed by atoms with Crippen LogP contribution in [0.15, 0.2) is 54.9 Å². The summed E-state index contributed by atoms with van der Waals surface area (Å²) in [5, 5.41) is 2.83. The summed E-state index contributed by atoms with van der Waals surface area (Å²) in [5.41, 5.74) is 0.968. The number of hydrogen-bond donors (Lipinski definition) is 1. The third-order valence-corrected chi connectivity index (χ3v) is 2.74. The highest BCUT2D eigenvalue weighted by atomic mass is 16.6. The van der Waals surface area contributed by atoms with Crippen LogP contribution in [0.5, 0.6) is 5.75 Å². The van der Waals surface area contributed by atoms with Crippen molar-refractivity contribution in [3.05, 3.63) is 60.4 Å². The predicted octanol–water partition coefficient (Wildman–Crippen LogP) is 3.32. The first kappa shape index (κ1) is 13.1. The number of carbonyl (C=O) groups is 1. The highest BCUT2D eigenvalue weighted by Gasteiger charge is 2.13. The molecule has 1 atom stereocenters. The van der Waals surface area contributed by atoms with Crippen molar-refractivity contribution in [1.29, 1.82) is 0 Å². The summed E-state index contributed by atoms with van der Waals surface area (Å²) in [4.78, 5) is 15.9. The van der Waals surface area contributed by atoms with Crippen LogP contribution in [0.2, 0.25) is 0 Å². The number of ether oxygens (including phenoxy) is 1. The minimum absolute atomic E-state index is 0.0927. The standard InChI is InChI=1S/C15H16N2O2/c1-2-14(12-7-6-10-16-11-12)17-15(18)19-13-8-4-3-5-9-13/h3-11,14H,2H2,1H3,(H,17,18). The van der Waals surface area contributed by atoms with Crippen molar-refractivity contribution in [1.82, 2.24) is 10.3 Å². The van der Waals surface area contributed by atoms with Crippen molar-refractivity contribution in [2.45, 2.75) is 19.4 Å². The molecule has 4 nitrogen and oxygen atoms in total. The maximum absolute atomic E-state index is 11.8. The Hall–Kier alpha value is -2.36. The molecule has 0 saturated carbocycles. The molecule has 0 radical (unpaired) electrons. The Morgan fingerprint density at radius 1 is 1.26 bits per heavy atom. The number of pyridine rings is 1. The Kier molecular flexibility index (Phi) is 4.50. The normalized spacial score (nSPS) is 11.6. The number of nitrogens with one attached hydrogen (secondary N) is 1. The molecule has 2 rings (SSSR count). The van der Waals surface area contributed by atoms with Gasteiger partial charge in [-0.2, -0.15) is 0 Å². The largest absolute Gasteiger partial charge is 0.413 e. The number of carbonyl (C=O) groups excluding carboxylic acids is 1. The first-order valence-electron chi connectivity index (χ1n) is 6.23. The second-order valence-electron chi connectivity index (χ2n) is 4.09.